The monoisotopic (exact) mass is 431 g/mol. The Hall–Kier alpha value is -2.39. The third-order valence-electron chi connectivity index (χ3n) is 5.77. The maximum Gasteiger partial charge on any atom is 0.271 e. The molecule has 1 N–H and O–H groups in total. The van der Waals surface area contributed by atoms with Gasteiger partial charge in [-0.3, -0.25) is 14.6 Å². The van der Waals surface area contributed by atoms with Crippen molar-refractivity contribution >= 4 is 22.6 Å². The number of ether oxygens (including phenoxy) is 4. The molecule has 0 saturated carbocycles. The highest BCUT2D eigenvalue weighted by atomic mass is 32.2. The average molecular weight is 432 g/mol. The number of nitrogens with zero attached hydrogens (tertiary/aromatic N) is 2. The molecule has 5 rings (SSSR count). The third-order valence-corrected chi connectivity index (χ3v) is 6.95. The molecule has 2 unspecified atom stereocenters. The van der Waals surface area contributed by atoms with Gasteiger partial charge in [-0.2, -0.15) is 0 Å². The van der Waals surface area contributed by atoms with Crippen LogP contribution < -0.4 is 19.8 Å². The summed E-state index contributed by atoms with van der Waals surface area (Å²) in [7, 11) is 1.60. The van der Waals surface area contributed by atoms with E-state index < -0.39 is 0 Å². The van der Waals surface area contributed by atoms with Crippen LogP contribution in [0.3, 0.4) is 0 Å². The molecular weight excluding hydrogens is 406 g/mol. The largest absolute Gasteiger partial charge is 0.493 e. The molecule has 8 nitrogen and oxygen atoms in total. The van der Waals surface area contributed by atoms with E-state index in [4.69, 9.17) is 23.9 Å². The topological polar surface area (TPSA) is 87.1 Å². The summed E-state index contributed by atoms with van der Waals surface area (Å²) < 4.78 is 24.4. The number of aromatic amines is 1. The second-order valence-electron chi connectivity index (χ2n) is 8.39. The van der Waals surface area contributed by atoms with Gasteiger partial charge in [-0.15, -0.1) is 0 Å². The number of benzene rings is 1. The molecule has 2 atom stereocenters. The van der Waals surface area contributed by atoms with Gasteiger partial charge in [-0.05, 0) is 51.3 Å². The number of aromatic nitrogens is 2. The van der Waals surface area contributed by atoms with Crippen molar-refractivity contribution in [3.8, 4) is 17.2 Å². The zero-order valence-corrected chi connectivity index (χ0v) is 18.3. The summed E-state index contributed by atoms with van der Waals surface area (Å²) in [6.45, 7) is 6.96. The fraction of sp³-hybridized carbons (Fsp3) is 0.524. The molecule has 3 aliphatic rings. The lowest BCUT2D eigenvalue weighted by atomic mass is 9.94. The van der Waals surface area contributed by atoms with E-state index in [1.807, 2.05) is 23.7 Å². The molecule has 1 aromatic heterocycles. The molecule has 30 heavy (non-hydrogen) atoms. The first-order valence-corrected chi connectivity index (χ1v) is 10.9. The van der Waals surface area contributed by atoms with E-state index in [1.165, 1.54) is 0 Å². The van der Waals surface area contributed by atoms with E-state index in [0.717, 1.165) is 23.4 Å². The second-order valence-corrected chi connectivity index (χ2v) is 9.69. The summed E-state index contributed by atoms with van der Waals surface area (Å²) in [4.78, 5) is 17.9. The number of H-pyrrole nitrogens is 1. The highest BCUT2D eigenvalue weighted by Gasteiger charge is 2.36. The summed E-state index contributed by atoms with van der Waals surface area (Å²) in [6, 6.07) is 3.98. The van der Waals surface area contributed by atoms with Crippen molar-refractivity contribution in [1.29, 1.82) is 0 Å². The lowest BCUT2D eigenvalue weighted by molar-refractivity contribution is -0.0705. The Morgan fingerprint density at radius 1 is 1.33 bits per heavy atom. The lowest BCUT2D eigenvalue weighted by Gasteiger charge is -2.36. The number of hydrogen-bond acceptors (Lipinski definition) is 7. The van der Waals surface area contributed by atoms with Crippen LogP contribution in [0, 0.1) is 0 Å². The van der Waals surface area contributed by atoms with Crippen LogP contribution in [-0.4, -0.2) is 40.9 Å². The van der Waals surface area contributed by atoms with Crippen LogP contribution in [0.5, 0.6) is 17.2 Å². The van der Waals surface area contributed by atoms with Crippen LogP contribution >= 0.6 is 11.8 Å². The SMILES string of the molecule is COc1cc(C2SC(C)=Nc3c2c(=O)[nH]n3C2CCOC(C)(C)C2)cc2c1OCO2. The number of rotatable bonds is 3. The van der Waals surface area contributed by atoms with Crippen LogP contribution in [0.25, 0.3) is 0 Å². The Morgan fingerprint density at radius 3 is 2.93 bits per heavy atom. The van der Waals surface area contributed by atoms with Gasteiger partial charge in [0.25, 0.3) is 5.56 Å². The Bertz CT molecular complexity index is 1090. The van der Waals surface area contributed by atoms with Crippen molar-refractivity contribution in [1.82, 2.24) is 9.78 Å². The van der Waals surface area contributed by atoms with Gasteiger partial charge >= 0.3 is 0 Å². The normalized spacial score (nSPS) is 24.3. The molecule has 160 valence electrons. The number of thioether (sulfide) groups is 1. The van der Waals surface area contributed by atoms with Crippen molar-refractivity contribution in [3.05, 3.63) is 33.6 Å². The second kappa shape index (κ2) is 7.09. The van der Waals surface area contributed by atoms with Gasteiger partial charge in [0.15, 0.2) is 17.3 Å². The van der Waals surface area contributed by atoms with Crippen molar-refractivity contribution in [3.63, 3.8) is 0 Å². The molecule has 0 amide bonds. The molecule has 1 saturated heterocycles. The first-order valence-electron chi connectivity index (χ1n) is 10.0. The van der Waals surface area contributed by atoms with Crippen LogP contribution in [0.2, 0.25) is 0 Å². The first-order chi connectivity index (χ1) is 14.4. The molecule has 0 bridgehead atoms. The Balaban J connectivity index is 1.60. The average Bonchev–Trinajstić information content (AvgIpc) is 3.30. The summed E-state index contributed by atoms with van der Waals surface area (Å²) in [5.74, 6) is 2.54. The minimum absolute atomic E-state index is 0.111. The van der Waals surface area contributed by atoms with Gasteiger partial charge in [0.05, 0.1) is 34.6 Å². The molecular formula is C21H25N3O5S. The number of methoxy groups -OCH3 is 1. The van der Waals surface area contributed by atoms with Gasteiger partial charge in [0.1, 0.15) is 0 Å². The quantitative estimate of drug-likeness (QED) is 0.792. The molecule has 9 heteroatoms. The molecule has 2 aromatic rings. The van der Waals surface area contributed by atoms with Crippen molar-refractivity contribution in [2.24, 2.45) is 4.99 Å². The predicted molar refractivity (Wildman–Crippen MR) is 115 cm³/mol. The van der Waals surface area contributed by atoms with Crippen LogP contribution in [0.4, 0.5) is 5.82 Å². The summed E-state index contributed by atoms with van der Waals surface area (Å²) in [6.07, 6.45) is 1.65. The zero-order chi connectivity index (χ0) is 21.0. The van der Waals surface area contributed by atoms with E-state index in [9.17, 15) is 4.79 Å². The molecule has 0 aliphatic carbocycles. The standard InChI is InChI=1S/C21H25N3O5S/c1-11-22-19-16(20(25)23-24(19)13-5-6-29-21(2,3)9-13)18(30-11)12-7-14(26-4)17-15(8-12)27-10-28-17/h7-8,13,18H,5-6,9-10H2,1-4H3,(H,23,25). The smallest absolute Gasteiger partial charge is 0.271 e. The molecule has 0 radical (unpaired) electrons. The molecule has 3 aliphatic heterocycles. The predicted octanol–water partition coefficient (Wildman–Crippen LogP) is 3.93. The Morgan fingerprint density at radius 2 is 2.17 bits per heavy atom. The summed E-state index contributed by atoms with van der Waals surface area (Å²) in [5, 5.41) is 3.76. The van der Waals surface area contributed by atoms with Gasteiger partial charge in [0, 0.05) is 6.61 Å². The van der Waals surface area contributed by atoms with E-state index in [0.29, 0.717) is 35.2 Å². The third kappa shape index (κ3) is 3.20. The van der Waals surface area contributed by atoms with Crippen molar-refractivity contribution in [2.75, 3.05) is 20.5 Å². The number of nitrogens with one attached hydrogen (secondary N) is 1. The maximum atomic E-state index is 13.1. The lowest BCUT2D eigenvalue weighted by Crippen LogP contribution is -2.35. The molecule has 1 aromatic carbocycles. The van der Waals surface area contributed by atoms with Crippen LogP contribution in [0.15, 0.2) is 21.9 Å². The van der Waals surface area contributed by atoms with Crippen molar-refractivity contribution < 1.29 is 18.9 Å². The van der Waals surface area contributed by atoms with Gasteiger partial charge in [-0.25, -0.2) is 4.99 Å². The zero-order valence-electron chi connectivity index (χ0n) is 17.5. The van der Waals surface area contributed by atoms with E-state index in [-0.39, 0.29) is 29.2 Å². The van der Waals surface area contributed by atoms with Crippen LogP contribution in [0.1, 0.15) is 56.0 Å². The maximum absolute atomic E-state index is 13.1. The minimum Gasteiger partial charge on any atom is -0.493 e. The number of hydrogen-bond donors (Lipinski definition) is 1. The van der Waals surface area contributed by atoms with Gasteiger partial charge < -0.3 is 18.9 Å². The fourth-order valence-electron chi connectivity index (χ4n) is 4.43. The van der Waals surface area contributed by atoms with E-state index in [1.54, 1.807) is 18.9 Å². The van der Waals surface area contributed by atoms with Crippen LogP contribution in [-0.2, 0) is 4.74 Å². The van der Waals surface area contributed by atoms with E-state index in [2.05, 4.69) is 18.9 Å². The highest BCUT2D eigenvalue weighted by molar-refractivity contribution is 8.14. The number of fused-ring (bicyclic) bond motifs is 2. The Kier molecular flexibility index (Phi) is 4.62. The van der Waals surface area contributed by atoms with Gasteiger partial charge in [0.2, 0.25) is 12.5 Å². The van der Waals surface area contributed by atoms with Crippen molar-refractivity contribution in [2.45, 2.75) is 50.5 Å². The highest BCUT2D eigenvalue weighted by Crippen LogP contribution is 2.50. The minimum atomic E-state index is -0.233. The summed E-state index contributed by atoms with van der Waals surface area (Å²) in [5.41, 5.74) is 1.24. The number of aliphatic imine (C=N–C) groups is 1. The molecule has 4 heterocycles. The summed E-state index contributed by atoms with van der Waals surface area (Å²) >= 11 is 1.56. The molecule has 1 fully saturated rings. The first kappa shape index (κ1) is 19.6. The Labute approximate surface area is 178 Å². The van der Waals surface area contributed by atoms with E-state index >= 15 is 0 Å². The molecule has 0 spiro atoms. The van der Waals surface area contributed by atoms with Gasteiger partial charge in [-0.1, -0.05) is 11.8 Å². The fourth-order valence-corrected chi connectivity index (χ4v) is 5.51.